The minimum atomic E-state index is 0.291. The summed E-state index contributed by atoms with van der Waals surface area (Å²) < 4.78 is 5.83. The van der Waals surface area contributed by atoms with Gasteiger partial charge < -0.3 is 10.1 Å². The van der Waals surface area contributed by atoms with Crippen LogP contribution in [0.5, 0.6) is 0 Å². The van der Waals surface area contributed by atoms with Crippen LogP contribution in [-0.2, 0) is 11.2 Å². The molecule has 0 amide bonds. The lowest BCUT2D eigenvalue weighted by Crippen LogP contribution is -2.41. The van der Waals surface area contributed by atoms with E-state index < -0.39 is 0 Å². The van der Waals surface area contributed by atoms with Crippen molar-refractivity contribution >= 4 is 0 Å². The average molecular weight is 249 g/mol. The Labute approximate surface area is 112 Å². The van der Waals surface area contributed by atoms with Gasteiger partial charge in [-0.25, -0.2) is 0 Å². The fourth-order valence-corrected chi connectivity index (χ4v) is 2.54. The zero-order valence-corrected chi connectivity index (χ0v) is 12.4. The zero-order chi connectivity index (χ0) is 13.5. The Morgan fingerprint density at radius 3 is 2.22 bits per heavy atom. The largest absolute Gasteiger partial charge is 0.377 e. The third kappa shape index (κ3) is 3.82. The monoisotopic (exact) mass is 249 g/mol. The van der Waals surface area contributed by atoms with E-state index in [9.17, 15) is 0 Å². The molecule has 2 atom stereocenters. The molecule has 1 N–H and O–H groups in total. The molecule has 0 fully saturated rings. The summed E-state index contributed by atoms with van der Waals surface area (Å²) in [5.74, 6) is 0. The molecule has 0 heterocycles. The highest BCUT2D eigenvalue weighted by atomic mass is 16.5. The highest BCUT2D eigenvalue weighted by Crippen LogP contribution is 2.18. The molecule has 1 aromatic carbocycles. The summed E-state index contributed by atoms with van der Waals surface area (Å²) in [7, 11) is 2.03. The van der Waals surface area contributed by atoms with Crippen molar-refractivity contribution in [3.05, 3.63) is 34.9 Å². The number of nitrogens with one attached hydrogen (secondary N) is 1. The molecule has 18 heavy (non-hydrogen) atoms. The molecule has 0 aliphatic carbocycles. The van der Waals surface area contributed by atoms with Crippen LogP contribution in [0.2, 0.25) is 0 Å². The van der Waals surface area contributed by atoms with Crippen LogP contribution < -0.4 is 5.32 Å². The summed E-state index contributed by atoms with van der Waals surface area (Å²) in [4.78, 5) is 0. The number of likely N-dealkylation sites (N-methyl/N-ethyl adjacent to an activating group) is 1. The van der Waals surface area contributed by atoms with Crippen LogP contribution in [0.1, 0.15) is 37.0 Å². The number of ether oxygens (including phenoxy) is 1. The van der Waals surface area contributed by atoms with Crippen LogP contribution in [0.3, 0.4) is 0 Å². The second kappa shape index (κ2) is 7.55. The van der Waals surface area contributed by atoms with E-state index in [4.69, 9.17) is 4.74 Å². The molecule has 2 heteroatoms. The molecule has 0 bridgehead atoms. The summed E-state index contributed by atoms with van der Waals surface area (Å²) in [5, 5.41) is 3.42. The molecular formula is C16H27NO. The van der Waals surface area contributed by atoms with Gasteiger partial charge in [0.05, 0.1) is 6.10 Å². The van der Waals surface area contributed by atoms with Crippen molar-refractivity contribution in [3.63, 3.8) is 0 Å². The molecule has 0 saturated heterocycles. The van der Waals surface area contributed by atoms with Crippen molar-refractivity contribution in [2.75, 3.05) is 13.7 Å². The van der Waals surface area contributed by atoms with Crippen LogP contribution in [0.4, 0.5) is 0 Å². The SMILES string of the molecule is CCOC(CC)C(Cc1c(C)cccc1C)NC. The van der Waals surface area contributed by atoms with Gasteiger partial charge in [-0.05, 0) is 57.4 Å². The van der Waals surface area contributed by atoms with Crippen molar-refractivity contribution in [2.24, 2.45) is 0 Å². The van der Waals surface area contributed by atoms with Crippen molar-refractivity contribution in [1.29, 1.82) is 0 Å². The predicted molar refractivity (Wildman–Crippen MR) is 78.2 cm³/mol. The quantitative estimate of drug-likeness (QED) is 0.801. The average Bonchev–Trinajstić information content (AvgIpc) is 2.36. The molecule has 0 aliphatic rings. The van der Waals surface area contributed by atoms with Gasteiger partial charge in [-0.15, -0.1) is 0 Å². The van der Waals surface area contributed by atoms with Gasteiger partial charge in [-0.3, -0.25) is 0 Å². The van der Waals surface area contributed by atoms with Crippen LogP contribution in [0, 0.1) is 13.8 Å². The first-order valence-electron chi connectivity index (χ1n) is 6.97. The maximum absolute atomic E-state index is 5.83. The maximum Gasteiger partial charge on any atom is 0.0728 e. The molecular weight excluding hydrogens is 222 g/mol. The van der Waals surface area contributed by atoms with E-state index in [0.29, 0.717) is 12.1 Å². The lowest BCUT2D eigenvalue weighted by atomic mass is 9.93. The Kier molecular flexibility index (Phi) is 6.37. The first-order chi connectivity index (χ1) is 8.63. The van der Waals surface area contributed by atoms with Crippen molar-refractivity contribution in [3.8, 4) is 0 Å². The Morgan fingerprint density at radius 2 is 1.78 bits per heavy atom. The third-order valence-corrected chi connectivity index (χ3v) is 3.67. The predicted octanol–water partition coefficient (Wildman–Crippen LogP) is 3.25. The van der Waals surface area contributed by atoms with Crippen molar-refractivity contribution in [2.45, 2.75) is 52.7 Å². The molecule has 0 saturated carbocycles. The minimum Gasteiger partial charge on any atom is -0.377 e. The highest BCUT2D eigenvalue weighted by molar-refractivity contribution is 5.34. The molecule has 0 radical (unpaired) electrons. The second-order valence-electron chi connectivity index (χ2n) is 4.87. The summed E-state index contributed by atoms with van der Waals surface area (Å²) in [6, 6.07) is 6.89. The maximum atomic E-state index is 5.83. The Hall–Kier alpha value is -0.860. The fraction of sp³-hybridized carbons (Fsp3) is 0.625. The molecule has 0 aliphatic heterocycles. The normalized spacial score (nSPS) is 14.5. The van der Waals surface area contributed by atoms with Gasteiger partial charge in [0, 0.05) is 12.6 Å². The van der Waals surface area contributed by atoms with E-state index in [2.05, 4.69) is 51.2 Å². The Bertz CT molecular complexity index is 342. The van der Waals surface area contributed by atoms with Gasteiger partial charge in [-0.2, -0.15) is 0 Å². The van der Waals surface area contributed by atoms with Crippen LogP contribution in [0.25, 0.3) is 0 Å². The lowest BCUT2D eigenvalue weighted by molar-refractivity contribution is 0.0338. The van der Waals surface area contributed by atoms with E-state index in [-0.39, 0.29) is 0 Å². The van der Waals surface area contributed by atoms with E-state index in [1.165, 1.54) is 16.7 Å². The number of rotatable bonds is 7. The molecule has 2 nitrogen and oxygen atoms in total. The summed E-state index contributed by atoms with van der Waals surface area (Å²) in [6.07, 6.45) is 2.37. The number of hydrogen-bond donors (Lipinski definition) is 1. The molecule has 2 unspecified atom stereocenters. The molecule has 1 aromatic rings. The van der Waals surface area contributed by atoms with E-state index >= 15 is 0 Å². The number of benzene rings is 1. The summed E-state index contributed by atoms with van der Waals surface area (Å²) in [6.45, 7) is 9.42. The summed E-state index contributed by atoms with van der Waals surface area (Å²) in [5.41, 5.74) is 4.21. The second-order valence-corrected chi connectivity index (χ2v) is 4.87. The van der Waals surface area contributed by atoms with Crippen LogP contribution in [0.15, 0.2) is 18.2 Å². The highest BCUT2D eigenvalue weighted by Gasteiger charge is 2.20. The Morgan fingerprint density at radius 1 is 1.17 bits per heavy atom. The van der Waals surface area contributed by atoms with E-state index in [0.717, 1.165) is 19.4 Å². The molecule has 1 rings (SSSR count). The van der Waals surface area contributed by atoms with Crippen LogP contribution >= 0.6 is 0 Å². The van der Waals surface area contributed by atoms with Gasteiger partial charge in [0.1, 0.15) is 0 Å². The molecule has 0 aromatic heterocycles. The topological polar surface area (TPSA) is 21.3 Å². The first-order valence-corrected chi connectivity index (χ1v) is 6.97. The van der Waals surface area contributed by atoms with Crippen molar-refractivity contribution in [1.82, 2.24) is 5.32 Å². The first kappa shape index (κ1) is 15.2. The summed E-state index contributed by atoms with van der Waals surface area (Å²) >= 11 is 0. The smallest absolute Gasteiger partial charge is 0.0728 e. The van der Waals surface area contributed by atoms with E-state index in [1.54, 1.807) is 0 Å². The van der Waals surface area contributed by atoms with Gasteiger partial charge >= 0.3 is 0 Å². The van der Waals surface area contributed by atoms with E-state index in [1.807, 2.05) is 7.05 Å². The zero-order valence-electron chi connectivity index (χ0n) is 12.4. The van der Waals surface area contributed by atoms with Gasteiger partial charge in [0.2, 0.25) is 0 Å². The van der Waals surface area contributed by atoms with Gasteiger partial charge in [-0.1, -0.05) is 25.1 Å². The molecule has 102 valence electrons. The molecule has 0 spiro atoms. The standard InChI is InChI=1S/C16H27NO/c1-6-16(18-7-2)15(17-5)11-14-12(3)9-8-10-13(14)4/h8-10,15-17H,6-7,11H2,1-5H3. The van der Waals surface area contributed by atoms with Crippen LogP contribution in [-0.4, -0.2) is 25.8 Å². The fourth-order valence-electron chi connectivity index (χ4n) is 2.54. The Balaban J connectivity index is 2.85. The number of hydrogen-bond acceptors (Lipinski definition) is 2. The number of aryl methyl sites for hydroxylation is 2. The van der Waals surface area contributed by atoms with Gasteiger partial charge in [0.15, 0.2) is 0 Å². The van der Waals surface area contributed by atoms with Crippen molar-refractivity contribution < 1.29 is 4.74 Å². The minimum absolute atomic E-state index is 0.291. The third-order valence-electron chi connectivity index (χ3n) is 3.67. The lowest BCUT2D eigenvalue weighted by Gasteiger charge is -2.27. The van der Waals surface area contributed by atoms with Gasteiger partial charge in [0.25, 0.3) is 0 Å².